The summed E-state index contributed by atoms with van der Waals surface area (Å²) in [7, 11) is 0. The summed E-state index contributed by atoms with van der Waals surface area (Å²) >= 11 is 7.30. The number of nitrogens with one attached hydrogen (secondary N) is 2. The van der Waals surface area contributed by atoms with E-state index in [0.29, 0.717) is 38.9 Å². The van der Waals surface area contributed by atoms with Gasteiger partial charge in [-0.2, -0.15) is 35.9 Å². The molecule has 4 rings (SSSR count). The first-order valence-corrected chi connectivity index (χ1v) is 11.4. The maximum Gasteiger partial charge on any atom is 0.265 e. The average Bonchev–Trinajstić information content (AvgIpc) is 3.24. The average molecular weight is 657 g/mol. The number of halogens is 1. The molecule has 33 heavy (non-hydrogen) atoms. The summed E-state index contributed by atoms with van der Waals surface area (Å²) in [5, 5.41) is 16.0. The first kappa shape index (κ1) is 25.5. The zero-order valence-corrected chi connectivity index (χ0v) is 22.4. The number of nitrogens with zero attached hydrogens (tertiary/aromatic N) is 5. The van der Waals surface area contributed by atoms with Gasteiger partial charge in [-0.15, -0.1) is 0 Å². The van der Waals surface area contributed by atoms with Gasteiger partial charge in [0.05, 0.1) is 12.8 Å². The van der Waals surface area contributed by atoms with Gasteiger partial charge < -0.3 is 20.6 Å². The molecule has 1 saturated heterocycles. The molecule has 0 atom stereocenters. The number of aromatic nitrogens is 3. The molecule has 0 unspecified atom stereocenters. The van der Waals surface area contributed by atoms with Crippen LogP contribution in [0, 0.1) is 13.0 Å². The zero-order chi connectivity index (χ0) is 22.5. The van der Waals surface area contributed by atoms with Crippen LogP contribution in [-0.2, 0) is 21.1 Å². The summed E-state index contributed by atoms with van der Waals surface area (Å²) < 4.78 is 0. The van der Waals surface area contributed by atoms with Crippen LogP contribution in [0.2, 0.25) is 5.02 Å². The number of carbonyl (C=O) groups excluding carboxylic acids is 1. The molecule has 1 aliphatic rings. The minimum absolute atomic E-state index is 0. The maximum atomic E-state index is 12.5. The Morgan fingerprint density at radius 1 is 1.30 bits per heavy atom. The van der Waals surface area contributed by atoms with Gasteiger partial charge in [0.25, 0.3) is 5.91 Å². The molecular weight excluding hydrogens is 634 g/mol. The maximum absolute atomic E-state index is 12.5. The number of amides is 1. The number of para-hydroxylation sites is 1. The predicted octanol–water partition coefficient (Wildman–Crippen LogP) is 2.80. The van der Waals surface area contributed by atoms with Crippen LogP contribution in [0.4, 0.5) is 22.5 Å². The van der Waals surface area contributed by atoms with Crippen molar-refractivity contribution in [1.29, 1.82) is 0 Å². The Labute approximate surface area is 215 Å². The van der Waals surface area contributed by atoms with E-state index in [9.17, 15) is 4.79 Å². The minimum Gasteiger partial charge on any atom is -0.395 e. The number of thiazole rings is 1. The van der Waals surface area contributed by atoms with Crippen LogP contribution in [0.25, 0.3) is 0 Å². The number of carbonyl (C=O) groups is 1. The minimum atomic E-state index is -0.305. The van der Waals surface area contributed by atoms with Crippen LogP contribution in [0.1, 0.15) is 15.5 Å². The molecular formula is C21H23ClN7O2SW-. The van der Waals surface area contributed by atoms with Gasteiger partial charge in [-0.1, -0.05) is 17.0 Å². The second-order valence-corrected chi connectivity index (χ2v) is 8.65. The number of rotatable bonds is 7. The van der Waals surface area contributed by atoms with Crippen LogP contribution in [0.3, 0.4) is 0 Å². The molecule has 1 aliphatic heterocycles. The van der Waals surface area contributed by atoms with Crippen LogP contribution in [-0.4, -0.2) is 70.2 Å². The van der Waals surface area contributed by atoms with Crippen molar-refractivity contribution in [2.24, 2.45) is 0 Å². The van der Waals surface area contributed by atoms with Crippen LogP contribution in [0.5, 0.6) is 0 Å². The van der Waals surface area contributed by atoms with Crippen molar-refractivity contribution in [2.75, 3.05) is 54.9 Å². The SMILES string of the molecule is Cc1nc(Nc2ncc(C(=O)Nc3[c-]cccc3Cl)s2)cc(N2CCN(CCO)CC2)n1.[W]. The van der Waals surface area contributed by atoms with Crippen molar-refractivity contribution in [3.8, 4) is 0 Å². The second kappa shape index (κ2) is 11.9. The van der Waals surface area contributed by atoms with E-state index in [4.69, 9.17) is 16.7 Å². The van der Waals surface area contributed by atoms with Crippen LogP contribution < -0.4 is 15.5 Å². The van der Waals surface area contributed by atoms with E-state index in [0.717, 1.165) is 32.0 Å². The van der Waals surface area contributed by atoms with Crippen LogP contribution in [0.15, 0.2) is 30.5 Å². The van der Waals surface area contributed by atoms with Crippen LogP contribution >= 0.6 is 22.9 Å². The molecule has 9 nitrogen and oxygen atoms in total. The monoisotopic (exact) mass is 656 g/mol. The number of anilines is 4. The molecule has 3 N–H and O–H groups in total. The number of aliphatic hydroxyl groups is 1. The normalized spacial score (nSPS) is 14.0. The fourth-order valence-electron chi connectivity index (χ4n) is 3.35. The number of hydrogen-bond donors (Lipinski definition) is 3. The molecule has 0 aliphatic carbocycles. The van der Waals surface area contributed by atoms with Gasteiger partial charge in [0.1, 0.15) is 22.3 Å². The Kier molecular flexibility index (Phi) is 9.17. The number of hydrogen-bond acceptors (Lipinski definition) is 9. The Morgan fingerprint density at radius 2 is 2.09 bits per heavy atom. The predicted molar refractivity (Wildman–Crippen MR) is 126 cm³/mol. The molecule has 1 aromatic carbocycles. The Balaban J connectivity index is 0.00000306. The summed E-state index contributed by atoms with van der Waals surface area (Å²) in [6, 6.07) is 9.91. The number of aryl methyl sites for hydroxylation is 1. The molecule has 3 heterocycles. The quantitative estimate of drug-likeness (QED) is 0.334. The van der Waals surface area contributed by atoms with Crippen molar-refractivity contribution in [2.45, 2.75) is 6.92 Å². The number of β-amino-alcohol motifs (C(OH)–C–C–N with tert-alkyl or cyclic N) is 1. The van der Waals surface area contributed by atoms with Crippen molar-refractivity contribution < 1.29 is 31.0 Å². The smallest absolute Gasteiger partial charge is 0.265 e. The number of benzene rings is 1. The van der Waals surface area contributed by atoms with E-state index >= 15 is 0 Å². The fourth-order valence-corrected chi connectivity index (χ4v) is 4.25. The molecule has 3 aromatic rings. The first-order valence-electron chi connectivity index (χ1n) is 10.2. The molecule has 0 saturated carbocycles. The van der Waals surface area contributed by atoms with Crippen molar-refractivity contribution >= 4 is 51.3 Å². The Hall–Kier alpha value is -2.10. The van der Waals surface area contributed by atoms with Gasteiger partial charge >= 0.3 is 0 Å². The second-order valence-electron chi connectivity index (χ2n) is 7.21. The zero-order valence-electron chi connectivity index (χ0n) is 17.9. The molecule has 0 radical (unpaired) electrons. The van der Waals surface area contributed by atoms with Gasteiger partial charge in [0.2, 0.25) is 0 Å². The standard InChI is InChI=1S/C21H23ClN7O2S.W/c1-14-24-18(12-19(25-14)29-8-6-28(7-9-29)10-11-30)27-21-23-13-17(32-21)20(31)26-16-5-3-2-4-15(16)22;/h2-4,12-13,30H,6-11H2,1H3,(H,26,31)(H,23,24,25,27);/q-1;. The fraction of sp³-hybridized carbons (Fsp3) is 0.333. The topological polar surface area (TPSA) is 107 Å². The molecule has 0 spiro atoms. The van der Waals surface area contributed by atoms with Crippen molar-refractivity contribution in [3.63, 3.8) is 0 Å². The van der Waals surface area contributed by atoms with Gasteiger partial charge in [-0.25, -0.2) is 15.0 Å². The number of piperazine rings is 1. The van der Waals surface area contributed by atoms with E-state index in [2.05, 4.69) is 41.5 Å². The first-order chi connectivity index (χ1) is 15.5. The molecule has 2 aromatic heterocycles. The molecule has 1 amide bonds. The summed E-state index contributed by atoms with van der Waals surface area (Å²) in [6.07, 6.45) is 1.51. The van der Waals surface area contributed by atoms with Gasteiger partial charge in [0.15, 0.2) is 5.13 Å². The largest absolute Gasteiger partial charge is 0.395 e. The van der Waals surface area contributed by atoms with Gasteiger partial charge in [-0.05, 0) is 11.9 Å². The third-order valence-corrected chi connectivity index (χ3v) is 6.17. The van der Waals surface area contributed by atoms with E-state index in [1.807, 2.05) is 13.0 Å². The van der Waals surface area contributed by atoms with E-state index in [1.54, 1.807) is 18.2 Å². The van der Waals surface area contributed by atoms with Crippen molar-refractivity contribution in [3.05, 3.63) is 52.3 Å². The summed E-state index contributed by atoms with van der Waals surface area (Å²) in [6.45, 7) is 6.12. The van der Waals surface area contributed by atoms with Crippen molar-refractivity contribution in [1.82, 2.24) is 19.9 Å². The summed E-state index contributed by atoms with van der Waals surface area (Å²) in [5.74, 6) is 1.80. The third-order valence-electron chi connectivity index (χ3n) is 4.95. The van der Waals surface area contributed by atoms with E-state index in [1.165, 1.54) is 17.5 Å². The summed E-state index contributed by atoms with van der Waals surface area (Å²) in [4.78, 5) is 30.7. The van der Waals surface area contributed by atoms with Gasteiger partial charge in [-0.3, -0.25) is 9.69 Å². The summed E-state index contributed by atoms with van der Waals surface area (Å²) in [5.41, 5.74) is 0.428. The Morgan fingerprint density at radius 3 is 2.82 bits per heavy atom. The number of aliphatic hydroxyl groups excluding tert-OH is 1. The molecule has 174 valence electrons. The van der Waals surface area contributed by atoms with E-state index < -0.39 is 0 Å². The van der Waals surface area contributed by atoms with Gasteiger partial charge in [0, 0.05) is 59.9 Å². The van der Waals surface area contributed by atoms with E-state index in [-0.39, 0.29) is 33.6 Å². The third kappa shape index (κ3) is 6.71. The molecule has 12 heteroatoms. The Bertz CT molecular complexity index is 1090. The molecule has 0 bridgehead atoms. The molecule has 1 fully saturated rings.